The summed E-state index contributed by atoms with van der Waals surface area (Å²) in [4.78, 5) is 1.29. The Hall–Kier alpha value is -0.310. The monoisotopic (exact) mass is 297 g/mol. The molecule has 1 saturated carbocycles. The number of thiophene rings is 1. The number of hydrogen-bond donors (Lipinski definition) is 1. The molecule has 0 spiro atoms. The molecule has 106 valence electrons. The third-order valence-electron chi connectivity index (χ3n) is 3.76. The SMILES string of the molecule is CC(C)NCC(=Cc1cc(Cl)cs1)C1CCCCC1. The quantitative estimate of drug-likeness (QED) is 0.771. The lowest BCUT2D eigenvalue weighted by atomic mass is 9.83. The van der Waals surface area contributed by atoms with Gasteiger partial charge in [-0.15, -0.1) is 11.3 Å². The summed E-state index contributed by atoms with van der Waals surface area (Å²) < 4.78 is 0. The maximum absolute atomic E-state index is 6.02. The van der Waals surface area contributed by atoms with E-state index in [2.05, 4.69) is 31.3 Å². The molecular formula is C16H24ClNS. The van der Waals surface area contributed by atoms with Crippen LogP contribution in [0.4, 0.5) is 0 Å². The Morgan fingerprint density at radius 3 is 2.74 bits per heavy atom. The van der Waals surface area contributed by atoms with E-state index in [0.717, 1.165) is 17.5 Å². The molecule has 0 unspecified atom stereocenters. The first-order chi connectivity index (χ1) is 9.15. The van der Waals surface area contributed by atoms with Gasteiger partial charge in [-0.25, -0.2) is 0 Å². The maximum Gasteiger partial charge on any atom is 0.0519 e. The summed E-state index contributed by atoms with van der Waals surface area (Å²) in [5.74, 6) is 0.765. The van der Waals surface area contributed by atoms with Crippen LogP contribution in [0, 0.1) is 5.92 Å². The number of rotatable bonds is 5. The Kier molecular flexibility index (Phi) is 5.93. The topological polar surface area (TPSA) is 12.0 Å². The van der Waals surface area contributed by atoms with E-state index in [4.69, 9.17) is 11.6 Å². The summed E-state index contributed by atoms with van der Waals surface area (Å²) in [6.07, 6.45) is 9.24. The Labute approximate surface area is 126 Å². The minimum absolute atomic E-state index is 0.541. The van der Waals surface area contributed by atoms with Crippen molar-refractivity contribution < 1.29 is 0 Å². The molecule has 0 bridgehead atoms. The van der Waals surface area contributed by atoms with Crippen molar-refractivity contribution in [3.63, 3.8) is 0 Å². The van der Waals surface area contributed by atoms with Crippen molar-refractivity contribution in [2.75, 3.05) is 6.54 Å². The summed E-state index contributed by atoms with van der Waals surface area (Å²) in [7, 11) is 0. The van der Waals surface area contributed by atoms with Crippen molar-refractivity contribution in [2.24, 2.45) is 5.92 Å². The second-order valence-electron chi connectivity index (χ2n) is 5.76. The van der Waals surface area contributed by atoms with Gasteiger partial charge in [0.2, 0.25) is 0 Å². The van der Waals surface area contributed by atoms with E-state index in [1.165, 1.54) is 37.0 Å². The number of halogens is 1. The van der Waals surface area contributed by atoms with Crippen molar-refractivity contribution >= 4 is 29.0 Å². The lowest BCUT2D eigenvalue weighted by Gasteiger charge is -2.25. The highest BCUT2D eigenvalue weighted by atomic mass is 35.5. The highest BCUT2D eigenvalue weighted by molar-refractivity contribution is 7.11. The zero-order valence-corrected chi connectivity index (χ0v) is 13.5. The fourth-order valence-corrected chi connectivity index (χ4v) is 3.74. The second kappa shape index (κ2) is 7.47. The zero-order valence-electron chi connectivity index (χ0n) is 11.9. The lowest BCUT2D eigenvalue weighted by molar-refractivity contribution is 0.394. The molecule has 1 aromatic heterocycles. The smallest absolute Gasteiger partial charge is 0.0519 e. The molecule has 1 aliphatic carbocycles. The Balaban J connectivity index is 2.10. The number of nitrogens with one attached hydrogen (secondary N) is 1. The first kappa shape index (κ1) is 15.1. The Morgan fingerprint density at radius 1 is 1.42 bits per heavy atom. The lowest BCUT2D eigenvalue weighted by Crippen LogP contribution is -2.27. The summed E-state index contributed by atoms with van der Waals surface area (Å²) in [5, 5.41) is 6.45. The van der Waals surface area contributed by atoms with Gasteiger partial charge >= 0.3 is 0 Å². The average molecular weight is 298 g/mol. The van der Waals surface area contributed by atoms with E-state index in [-0.39, 0.29) is 0 Å². The van der Waals surface area contributed by atoms with Crippen molar-refractivity contribution in [1.82, 2.24) is 5.32 Å². The van der Waals surface area contributed by atoms with Crippen molar-refractivity contribution in [2.45, 2.75) is 52.0 Å². The van der Waals surface area contributed by atoms with E-state index in [0.29, 0.717) is 6.04 Å². The van der Waals surface area contributed by atoms with E-state index in [9.17, 15) is 0 Å². The maximum atomic E-state index is 6.02. The summed E-state index contributed by atoms with van der Waals surface area (Å²) in [5.41, 5.74) is 1.56. The molecule has 2 rings (SSSR count). The molecule has 0 aromatic carbocycles. The van der Waals surface area contributed by atoms with Crippen molar-refractivity contribution in [1.29, 1.82) is 0 Å². The van der Waals surface area contributed by atoms with Crippen LogP contribution < -0.4 is 5.32 Å². The third-order valence-corrected chi connectivity index (χ3v) is 4.99. The molecule has 1 heterocycles. The van der Waals surface area contributed by atoms with Crippen LogP contribution in [0.5, 0.6) is 0 Å². The van der Waals surface area contributed by atoms with E-state index >= 15 is 0 Å². The standard InChI is InChI=1S/C16H24ClNS/c1-12(2)18-10-14(13-6-4-3-5-7-13)8-16-9-15(17)11-19-16/h8-9,11-13,18H,3-7,10H2,1-2H3. The molecule has 1 aromatic rings. The highest BCUT2D eigenvalue weighted by Crippen LogP contribution is 2.32. The molecule has 1 aliphatic rings. The van der Waals surface area contributed by atoms with Gasteiger partial charge in [-0.2, -0.15) is 0 Å². The zero-order chi connectivity index (χ0) is 13.7. The van der Waals surface area contributed by atoms with Gasteiger partial charge in [-0.05, 0) is 30.9 Å². The van der Waals surface area contributed by atoms with Gasteiger partial charge in [-0.3, -0.25) is 0 Å². The molecule has 0 amide bonds. The molecule has 19 heavy (non-hydrogen) atoms. The molecule has 0 aliphatic heterocycles. The second-order valence-corrected chi connectivity index (χ2v) is 7.14. The fraction of sp³-hybridized carbons (Fsp3) is 0.625. The Morgan fingerprint density at radius 2 is 2.16 bits per heavy atom. The van der Waals surface area contributed by atoms with Crippen LogP contribution in [0.15, 0.2) is 17.0 Å². The van der Waals surface area contributed by atoms with Crippen LogP contribution in [0.2, 0.25) is 5.02 Å². The van der Waals surface area contributed by atoms with E-state index < -0.39 is 0 Å². The summed E-state index contributed by atoms with van der Waals surface area (Å²) in [6, 6.07) is 2.61. The minimum atomic E-state index is 0.541. The van der Waals surface area contributed by atoms with Gasteiger partial charge in [0.1, 0.15) is 0 Å². The largest absolute Gasteiger partial charge is 0.311 e. The van der Waals surface area contributed by atoms with Crippen LogP contribution in [-0.2, 0) is 0 Å². The molecule has 0 saturated heterocycles. The molecule has 1 fully saturated rings. The highest BCUT2D eigenvalue weighted by Gasteiger charge is 2.18. The number of hydrogen-bond acceptors (Lipinski definition) is 2. The first-order valence-corrected chi connectivity index (χ1v) is 8.59. The molecule has 0 radical (unpaired) electrons. The van der Waals surface area contributed by atoms with Crippen LogP contribution in [0.3, 0.4) is 0 Å². The molecular weight excluding hydrogens is 274 g/mol. The predicted molar refractivity (Wildman–Crippen MR) is 87.0 cm³/mol. The van der Waals surface area contributed by atoms with Gasteiger partial charge in [0.15, 0.2) is 0 Å². The van der Waals surface area contributed by atoms with Gasteiger partial charge in [0.25, 0.3) is 0 Å². The van der Waals surface area contributed by atoms with Crippen LogP contribution in [0.25, 0.3) is 6.08 Å². The van der Waals surface area contributed by atoms with Gasteiger partial charge in [-0.1, -0.05) is 50.3 Å². The predicted octanol–water partition coefficient (Wildman–Crippen LogP) is 5.36. The molecule has 0 atom stereocenters. The van der Waals surface area contributed by atoms with E-state index in [1.54, 1.807) is 16.9 Å². The fourth-order valence-electron chi connectivity index (χ4n) is 2.70. The van der Waals surface area contributed by atoms with Crippen LogP contribution in [0.1, 0.15) is 50.8 Å². The van der Waals surface area contributed by atoms with Gasteiger partial charge in [0.05, 0.1) is 5.02 Å². The summed E-state index contributed by atoms with van der Waals surface area (Å²) >= 11 is 7.76. The Bertz CT molecular complexity index is 416. The van der Waals surface area contributed by atoms with Gasteiger partial charge in [0, 0.05) is 22.8 Å². The summed E-state index contributed by atoms with van der Waals surface area (Å²) in [6.45, 7) is 5.43. The average Bonchev–Trinajstić information content (AvgIpc) is 2.81. The van der Waals surface area contributed by atoms with Crippen LogP contribution >= 0.6 is 22.9 Å². The van der Waals surface area contributed by atoms with Crippen molar-refractivity contribution in [3.05, 3.63) is 26.9 Å². The first-order valence-electron chi connectivity index (χ1n) is 7.33. The normalized spacial score (nSPS) is 18.2. The minimum Gasteiger partial charge on any atom is -0.311 e. The van der Waals surface area contributed by atoms with Gasteiger partial charge < -0.3 is 5.32 Å². The van der Waals surface area contributed by atoms with Crippen LogP contribution in [-0.4, -0.2) is 12.6 Å². The molecule has 1 N–H and O–H groups in total. The van der Waals surface area contributed by atoms with E-state index in [1.807, 2.05) is 5.38 Å². The molecule has 3 heteroatoms. The molecule has 1 nitrogen and oxygen atoms in total. The third kappa shape index (κ3) is 4.94. The van der Waals surface area contributed by atoms with Crippen molar-refractivity contribution in [3.8, 4) is 0 Å².